The molecule has 0 amide bonds. The van der Waals surface area contributed by atoms with Crippen LogP contribution in [0, 0.1) is 12.8 Å². The lowest BCUT2D eigenvalue weighted by atomic mass is 9.98. The van der Waals surface area contributed by atoms with E-state index in [1.165, 1.54) is 11.5 Å². The Kier molecular flexibility index (Phi) is 3.11. The molecule has 2 aromatic rings. The monoisotopic (exact) mass is 282 g/mol. The largest absolute Gasteiger partial charge is 0.354 e. The molecule has 1 aliphatic heterocycles. The van der Waals surface area contributed by atoms with Gasteiger partial charge in [0.25, 0.3) is 0 Å². The molecule has 4 nitrogen and oxygen atoms in total. The van der Waals surface area contributed by atoms with Crippen LogP contribution in [0.25, 0.3) is 10.2 Å². The normalized spacial score (nSPS) is 24.7. The SMILES string of the molecule is Cc1nsc2ncnc(N3CCC(C)C(Cl)C3)c12. The van der Waals surface area contributed by atoms with Crippen LogP contribution in [-0.4, -0.2) is 32.8 Å². The van der Waals surface area contributed by atoms with Crippen LogP contribution in [0.5, 0.6) is 0 Å². The Labute approximate surface area is 115 Å². The second-order valence-electron chi connectivity index (χ2n) is 4.87. The van der Waals surface area contributed by atoms with E-state index in [4.69, 9.17) is 11.6 Å². The van der Waals surface area contributed by atoms with E-state index in [-0.39, 0.29) is 5.38 Å². The summed E-state index contributed by atoms with van der Waals surface area (Å²) in [6.45, 7) is 6.08. The number of aryl methyl sites for hydroxylation is 1. The van der Waals surface area contributed by atoms with Gasteiger partial charge in [-0.05, 0) is 30.8 Å². The molecule has 0 spiro atoms. The first-order valence-corrected chi connectivity index (χ1v) is 7.34. The number of rotatable bonds is 1. The van der Waals surface area contributed by atoms with Gasteiger partial charge in [0.15, 0.2) is 0 Å². The van der Waals surface area contributed by atoms with E-state index in [0.29, 0.717) is 5.92 Å². The number of nitrogens with zero attached hydrogens (tertiary/aromatic N) is 4. The average Bonchev–Trinajstić information content (AvgIpc) is 2.75. The van der Waals surface area contributed by atoms with Crippen LogP contribution in [0.4, 0.5) is 5.82 Å². The van der Waals surface area contributed by atoms with Crippen LogP contribution in [0.1, 0.15) is 19.0 Å². The van der Waals surface area contributed by atoms with Crippen molar-refractivity contribution in [1.29, 1.82) is 0 Å². The lowest BCUT2D eigenvalue weighted by molar-refractivity contribution is 0.444. The summed E-state index contributed by atoms with van der Waals surface area (Å²) in [4.78, 5) is 12.0. The summed E-state index contributed by atoms with van der Waals surface area (Å²) in [5.74, 6) is 1.56. The zero-order valence-electron chi connectivity index (χ0n) is 10.4. The molecule has 0 aliphatic carbocycles. The number of anilines is 1. The number of hydrogen-bond acceptors (Lipinski definition) is 5. The molecule has 0 radical (unpaired) electrons. The fourth-order valence-corrected chi connectivity index (χ4v) is 3.39. The molecule has 2 atom stereocenters. The second kappa shape index (κ2) is 4.63. The fraction of sp³-hybridized carbons (Fsp3) is 0.583. The van der Waals surface area contributed by atoms with Crippen LogP contribution in [0.3, 0.4) is 0 Å². The quantitative estimate of drug-likeness (QED) is 0.754. The number of halogens is 1. The van der Waals surface area contributed by atoms with Crippen LogP contribution < -0.4 is 4.90 Å². The maximum Gasteiger partial charge on any atom is 0.149 e. The van der Waals surface area contributed by atoms with Crippen molar-refractivity contribution in [2.45, 2.75) is 25.6 Å². The number of alkyl halides is 1. The molecule has 0 aromatic carbocycles. The summed E-state index contributed by atoms with van der Waals surface area (Å²) in [6.07, 6.45) is 2.73. The fourth-order valence-electron chi connectivity index (χ4n) is 2.36. The second-order valence-corrected chi connectivity index (χ2v) is 6.19. The highest BCUT2D eigenvalue weighted by molar-refractivity contribution is 7.13. The van der Waals surface area contributed by atoms with E-state index < -0.39 is 0 Å². The van der Waals surface area contributed by atoms with E-state index in [2.05, 4.69) is 26.2 Å². The molecule has 3 heterocycles. The minimum atomic E-state index is 0.190. The van der Waals surface area contributed by atoms with E-state index in [1.807, 2.05) is 6.92 Å². The van der Waals surface area contributed by atoms with Crippen LogP contribution in [0.15, 0.2) is 6.33 Å². The molecule has 1 aliphatic rings. The highest BCUT2D eigenvalue weighted by Gasteiger charge is 2.27. The van der Waals surface area contributed by atoms with Gasteiger partial charge in [-0.3, -0.25) is 0 Å². The minimum Gasteiger partial charge on any atom is -0.354 e. The third-order valence-electron chi connectivity index (χ3n) is 3.59. The molecule has 0 saturated carbocycles. The Morgan fingerprint density at radius 2 is 2.28 bits per heavy atom. The Morgan fingerprint density at radius 3 is 3.06 bits per heavy atom. The lowest BCUT2D eigenvalue weighted by Crippen LogP contribution is -2.40. The van der Waals surface area contributed by atoms with Gasteiger partial charge in [-0.1, -0.05) is 6.92 Å². The van der Waals surface area contributed by atoms with Crippen LogP contribution >= 0.6 is 23.1 Å². The summed E-state index contributed by atoms with van der Waals surface area (Å²) < 4.78 is 4.36. The first kappa shape index (κ1) is 12.1. The maximum absolute atomic E-state index is 6.38. The van der Waals surface area contributed by atoms with Crippen molar-refractivity contribution >= 4 is 39.2 Å². The van der Waals surface area contributed by atoms with Gasteiger partial charge in [-0.25, -0.2) is 9.97 Å². The van der Waals surface area contributed by atoms with Gasteiger partial charge in [-0.15, -0.1) is 11.6 Å². The van der Waals surface area contributed by atoms with Crippen molar-refractivity contribution in [2.24, 2.45) is 5.92 Å². The van der Waals surface area contributed by atoms with Crippen molar-refractivity contribution in [1.82, 2.24) is 14.3 Å². The number of piperidine rings is 1. The zero-order chi connectivity index (χ0) is 12.7. The summed E-state index contributed by atoms with van der Waals surface area (Å²) in [7, 11) is 0. The molecular weight excluding hydrogens is 268 g/mol. The summed E-state index contributed by atoms with van der Waals surface area (Å²) in [5.41, 5.74) is 1.01. The topological polar surface area (TPSA) is 41.9 Å². The molecule has 2 aromatic heterocycles. The predicted molar refractivity (Wildman–Crippen MR) is 75.6 cm³/mol. The predicted octanol–water partition coefficient (Wildman–Crippen LogP) is 2.85. The molecular formula is C12H15ClN4S. The third kappa shape index (κ3) is 1.95. The van der Waals surface area contributed by atoms with Crippen LogP contribution in [-0.2, 0) is 0 Å². The van der Waals surface area contributed by atoms with Gasteiger partial charge in [0, 0.05) is 13.1 Å². The van der Waals surface area contributed by atoms with Gasteiger partial charge >= 0.3 is 0 Å². The number of hydrogen-bond donors (Lipinski definition) is 0. The van der Waals surface area contributed by atoms with Gasteiger partial charge in [0.2, 0.25) is 0 Å². The summed E-state index contributed by atoms with van der Waals surface area (Å²) >= 11 is 7.81. The Hall–Kier alpha value is -0.940. The third-order valence-corrected chi connectivity index (χ3v) is 5.01. The van der Waals surface area contributed by atoms with Crippen LogP contribution in [0.2, 0.25) is 0 Å². The van der Waals surface area contributed by atoms with Crippen molar-refractivity contribution in [2.75, 3.05) is 18.0 Å². The first-order chi connectivity index (χ1) is 8.66. The van der Waals surface area contributed by atoms with Gasteiger partial charge in [0.05, 0.1) is 16.5 Å². The highest BCUT2D eigenvalue weighted by atomic mass is 35.5. The molecule has 1 fully saturated rings. The molecule has 96 valence electrons. The molecule has 0 N–H and O–H groups in total. The molecule has 1 saturated heterocycles. The molecule has 6 heteroatoms. The molecule has 0 bridgehead atoms. The van der Waals surface area contributed by atoms with E-state index in [9.17, 15) is 0 Å². The van der Waals surface area contributed by atoms with Crippen molar-refractivity contribution in [3.8, 4) is 0 Å². The minimum absolute atomic E-state index is 0.190. The van der Waals surface area contributed by atoms with Crippen molar-refractivity contribution in [3.05, 3.63) is 12.0 Å². The molecule has 18 heavy (non-hydrogen) atoms. The highest BCUT2D eigenvalue weighted by Crippen LogP contribution is 2.32. The van der Waals surface area contributed by atoms with E-state index in [0.717, 1.165) is 41.2 Å². The Bertz CT molecular complexity index is 570. The lowest BCUT2D eigenvalue weighted by Gasteiger charge is -2.34. The number of fused-ring (bicyclic) bond motifs is 1. The van der Waals surface area contributed by atoms with E-state index >= 15 is 0 Å². The standard InChI is InChI=1S/C12H15ClN4S/c1-7-3-4-17(5-9(7)13)11-10-8(2)16-18-12(10)15-6-14-11/h6-7,9H,3-5H2,1-2H3. The smallest absolute Gasteiger partial charge is 0.149 e. The van der Waals surface area contributed by atoms with Gasteiger partial charge in [0.1, 0.15) is 17.0 Å². The maximum atomic E-state index is 6.38. The van der Waals surface area contributed by atoms with Crippen molar-refractivity contribution in [3.63, 3.8) is 0 Å². The average molecular weight is 283 g/mol. The molecule has 2 unspecified atom stereocenters. The molecule has 3 rings (SSSR count). The first-order valence-electron chi connectivity index (χ1n) is 6.13. The zero-order valence-corrected chi connectivity index (χ0v) is 12.0. The number of aromatic nitrogens is 3. The Morgan fingerprint density at radius 1 is 1.44 bits per heavy atom. The Balaban J connectivity index is 2.01. The van der Waals surface area contributed by atoms with Gasteiger partial charge in [-0.2, -0.15) is 4.37 Å². The van der Waals surface area contributed by atoms with Gasteiger partial charge < -0.3 is 4.90 Å². The van der Waals surface area contributed by atoms with E-state index in [1.54, 1.807) is 6.33 Å². The van der Waals surface area contributed by atoms with Crippen molar-refractivity contribution < 1.29 is 0 Å². The summed E-state index contributed by atoms with van der Waals surface area (Å²) in [5, 5.41) is 1.27. The summed E-state index contributed by atoms with van der Waals surface area (Å²) in [6, 6.07) is 0.